The molecule has 0 saturated carbocycles. The number of rotatable bonds is 4. The van der Waals surface area contributed by atoms with Crippen molar-refractivity contribution in [2.75, 3.05) is 11.9 Å². The van der Waals surface area contributed by atoms with Gasteiger partial charge in [0.2, 0.25) is 0 Å². The molecule has 20 heavy (non-hydrogen) atoms. The zero-order valence-corrected chi connectivity index (χ0v) is 12.4. The number of nitrogens with two attached hydrogens (primary N) is 1. The van der Waals surface area contributed by atoms with Crippen LogP contribution >= 0.6 is 12.2 Å². The SMILES string of the molecule is Cc1ccc(CN(C)c2cccc(F)c2C(N)=S)cc1. The lowest BCUT2D eigenvalue weighted by molar-refractivity contribution is 0.624. The van der Waals surface area contributed by atoms with Gasteiger partial charge in [0.1, 0.15) is 10.8 Å². The average Bonchev–Trinajstić information content (AvgIpc) is 2.40. The molecule has 104 valence electrons. The minimum Gasteiger partial charge on any atom is -0.389 e. The van der Waals surface area contributed by atoms with Gasteiger partial charge in [-0.2, -0.15) is 0 Å². The lowest BCUT2D eigenvalue weighted by Crippen LogP contribution is -2.22. The molecule has 0 radical (unpaired) electrons. The summed E-state index contributed by atoms with van der Waals surface area (Å²) in [5, 5.41) is 0. The zero-order valence-electron chi connectivity index (χ0n) is 11.6. The molecule has 4 heteroatoms. The third-order valence-corrected chi connectivity index (χ3v) is 3.39. The van der Waals surface area contributed by atoms with Crippen LogP contribution in [-0.2, 0) is 6.54 Å². The van der Waals surface area contributed by atoms with Crippen LogP contribution in [0.1, 0.15) is 16.7 Å². The molecule has 0 unspecified atom stereocenters. The molecule has 2 aromatic rings. The second-order valence-electron chi connectivity index (χ2n) is 4.84. The molecule has 0 fully saturated rings. The molecule has 0 atom stereocenters. The van der Waals surface area contributed by atoms with Gasteiger partial charge < -0.3 is 10.6 Å². The third kappa shape index (κ3) is 3.14. The molecule has 0 aliphatic rings. The Morgan fingerprint density at radius 3 is 2.45 bits per heavy atom. The van der Waals surface area contributed by atoms with Crippen molar-refractivity contribution in [1.29, 1.82) is 0 Å². The van der Waals surface area contributed by atoms with Crippen molar-refractivity contribution in [1.82, 2.24) is 0 Å². The summed E-state index contributed by atoms with van der Waals surface area (Å²) in [6.45, 7) is 2.71. The predicted octanol–water partition coefficient (Wildman–Crippen LogP) is 3.40. The van der Waals surface area contributed by atoms with Crippen LogP contribution in [-0.4, -0.2) is 12.0 Å². The summed E-state index contributed by atoms with van der Waals surface area (Å²) < 4.78 is 13.9. The zero-order chi connectivity index (χ0) is 14.7. The standard InChI is InChI=1S/C16H17FN2S/c1-11-6-8-12(9-7-11)10-19(2)14-5-3-4-13(17)15(14)16(18)20/h3-9H,10H2,1-2H3,(H2,18,20). The van der Waals surface area contributed by atoms with Crippen molar-refractivity contribution >= 4 is 22.9 Å². The van der Waals surface area contributed by atoms with Gasteiger partial charge in [0.25, 0.3) is 0 Å². The normalized spacial score (nSPS) is 10.3. The first-order chi connectivity index (χ1) is 9.49. The van der Waals surface area contributed by atoms with Gasteiger partial charge in [-0.3, -0.25) is 0 Å². The van der Waals surface area contributed by atoms with Crippen molar-refractivity contribution in [2.24, 2.45) is 5.73 Å². The van der Waals surface area contributed by atoms with E-state index < -0.39 is 0 Å². The molecule has 0 heterocycles. The van der Waals surface area contributed by atoms with Crippen molar-refractivity contribution < 1.29 is 4.39 Å². The smallest absolute Gasteiger partial charge is 0.135 e. The second kappa shape index (κ2) is 6.01. The Balaban J connectivity index is 2.29. The highest BCUT2D eigenvalue weighted by molar-refractivity contribution is 7.80. The lowest BCUT2D eigenvalue weighted by atomic mass is 10.1. The molecule has 2 nitrogen and oxygen atoms in total. The summed E-state index contributed by atoms with van der Waals surface area (Å²) in [5.74, 6) is -0.384. The Morgan fingerprint density at radius 1 is 1.20 bits per heavy atom. The fourth-order valence-corrected chi connectivity index (χ4v) is 2.33. The highest BCUT2D eigenvalue weighted by Gasteiger charge is 2.14. The van der Waals surface area contributed by atoms with Crippen molar-refractivity contribution in [3.8, 4) is 0 Å². The Kier molecular flexibility index (Phi) is 4.35. The molecule has 2 rings (SSSR count). The molecule has 0 bridgehead atoms. The largest absolute Gasteiger partial charge is 0.389 e. The quantitative estimate of drug-likeness (QED) is 0.874. The van der Waals surface area contributed by atoms with Gasteiger partial charge in [-0.05, 0) is 24.6 Å². The van der Waals surface area contributed by atoms with E-state index in [2.05, 4.69) is 24.3 Å². The summed E-state index contributed by atoms with van der Waals surface area (Å²) >= 11 is 4.95. The van der Waals surface area contributed by atoms with E-state index in [1.807, 2.05) is 24.9 Å². The first kappa shape index (κ1) is 14.5. The van der Waals surface area contributed by atoms with E-state index in [4.69, 9.17) is 18.0 Å². The van der Waals surface area contributed by atoms with E-state index in [0.717, 1.165) is 5.56 Å². The first-order valence-electron chi connectivity index (χ1n) is 6.34. The van der Waals surface area contributed by atoms with Crippen molar-refractivity contribution in [3.63, 3.8) is 0 Å². The number of halogens is 1. The van der Waals surface area contributed by atoms with E-state index in [0.29, 0.717) is 17.8 Å². The number of thiocarbonyl (C=S) groups is 1. The van der Waals surface area contributed by atoms with Crippen LogP contribution in [0.25, 0.3) is 0 Å². The summed E-state index contributed by atoms with van der Waals surface area (Å²) in [5.41, 5.74) is 9.00. The number of anilines is 1. The number of aryl methyl sites for hydroxylation is 1. The minimum atomic E-state index is -0.384. The fourth-order valence-electron chi connectivity index (χ4n) is 2.13. The summed E-state index contributed by atoms with van der Waals surface area (Å²) in [6, 6.07) is 13.1. The van der Waals surface area contributed by atoms with Gasteiger partial charge in [-0.15, -0.1) is 0 Å². The average molecular weight is 288 g/mol. The highest BCUT2D eigenvalue weighted by Crippen LogP contribution is 2.23. The van der Waals surface area contributed by atoms with E-state index in [1.165, 1.54) is 11.6 Å². The molecular formula is C16H17FN2S. The Bertz CT molecular complexity index is 623. The van der Waals surface area contributed by atoms with E-state index in [9.17, 15) is 4.39 Å². The summed E-state index contributed by atoms with van der Waals surface area (Å²) in [4.78, 5) is 2.02. The number of benzene rings is 2. The fraction of sp³-hybridized carbons (Fsp3) is 0.188. The Morgan fingerprint density at radius 2 is 1.85 bits per heavy atom. The van der Waals surface area contributed by atoms with Crippen molar-refractivity contribution in [2.45, 2.75) is 13.5 Å². The maximum atomic E-state index is 13.9. The maximum Gasteiger partial charge on any atom is 0.135 e. The molecule has 2 N–H and O–H groups in total. The van der Waals surface area contributed by atoms with E-state index in [-0.39, 0.29) is 10.8 Å². The van der Waals surface area contributed by atoms with Crippen LogP contribution in [0.4, 0.5) is 10.1 Å². The van der Waals surface area contributed by atoms with Gasteiger partial charge in [-0.25, -0.2) is 4.39 Å². The molecular weight excluding hydrogens is 271 g/mol. The number of hydrogen-bond acceptors (Lipinski definition) is 2. The molecule has 0 aliphatic heterocycles. The summed E-state index contributed by atoms with van der Waals surface area (Å²) in [7, 11) is 1.90. The molecule has 0 aliphatic carbocycles. The van der Waals surface area contributed by atoms with Gasteiger partial charge >= 0.3 is 0 Å². The topological polar surface area (TPSA) is 29.3 Å². The second-order valence-corrected chi connectivity index (χ2v) is 5.28. The molecule has 0 aromatic heterocycles. The van der Waals surface area contributed by atoms with Crippen LogP contribution in [0.2, 0.25) is 0 Å². The minimum absolute atomic E-state index is 0.0776. The Hall–Kier alpha value is -1.94. The van der Waals surface area contributed by atoms with Crippen molar-refractivity contribution in [3.05, 3.63) is 65.0 Å². The van der Waals surface area contributed by atoms with Gasteiger partial charge in [0, 0.05) is 19.3 Å². The highest BCUT2D eigenvalue weighted by atomic mass is 32.1. The monoisotopic (exact) mass is 288 g/mol. The predicted molar refractivity (Wildman–Crippen MR) is 85.6 cm³/mol. The number of hydrogen-bond donors (Lipinski definition) is 1. The van der Waals surface area contributed by atoms with Gasteiger partial charge in [0.15, 0.2) is 0 Å². The van der Waals surface area contributed by atoms with Crippen LogP contribution in [0.3, 0.4) is 0 Å². The lowest BCUT2D eigenvalue weighted by Gasteiger charge is -2.22. The van der Waals surface area contributed by atoms with Crippen LogP contribution in [0, 0.1) is 12.7 Å². The van der Waals surface area contributed by atoms with Crippen LogP contribution in [0.15, 0.2) is 42.5 Å². The molecule has 0 amide bonds. The summed E-state index contributed by atoms with van der Waals surface area (Å²) in [6.07, 6.45) is 0. The van der Waals surface area contributed by atoms with Gasteiger partial charge in [0.05, 0.1) is 5.56 Å². The number of nitrogens with zero attached hydrogens (tertiary/aromatic N) is 1. The van der Waals surface area contributed by atoms with Crippen LogP contribution in [0.5, 0.6) is 0 Å². The Labute approximate surface area is 124 Å². The molecule has 0 saturated heterocycles. The maximum absolute atomic E-state index is 13.9. The van der Waals surface area contributed by atoms with Crippen LogP contribution < -0.4 is 10.6 Å². The van der Waals surface area contributed by atoms with E-state index in [1.54, 1.807) is 6.07 Å². The van der Waals surface area contributed by atoms with Gasteiger partial charge in [-0.1, -0.05) is 48.1 Å². The van der Waals surface area contributed by atoms with E-state index >= 15 is 0 Å². The third-order valence-electron chi connectivity index (χ3n) is 3.19. The molecule has 0 spiro atoms. The molecule has 2 aromatic carbocycles. The first-order valence-corrected chi connectivity index (χ1v) is 6.75.